The summed E-state index contributed by atoms with van der Waals surface area (Å²) in [5.74, 6) is 0.0858. The molecule has 0 unspecified atom stereocenters. The summed E-state index contributed by atoms with van der Waals surface area (Å²) in [4.78, 5) is 13.5. The van der Waals surface area contributed by atoms with E-state index in [1.165, 1.54) is 6.42 Å². The van der Waals surface area contributed by atoms with Crippen LogP contribution in [0.3, 0.4) is 0 Å². The summed E-state index contributed by atoms with van der Waals surface area (Å²) in [6.07, 6.45) is 4.35. The maximum atomic E-state index is 11.5. The van der Waals surface area contributed by atoms with Gasteiger partial charge in [0, 0.05) is 12.1 Å². The lowest BCUT2D eigenvalue weighted by molar-refractivity contribution is -0.122. The van der Waals surface area contributed by atoms with Crippen LogP contribution in [0.4, 0.5) is 0 Å². The van der Waals surface area contributed by atoms with Crippen LogP contribution in [-0.4, -0.2) is 43.0 Å². The maximum Gasteiger partial charge on any atom is 0.234 e. The van der Waals surface area contributed by atoms with Gasteiger partial charge in [0.1, 0.15) is 0 Å². The largest absolute Gasteiger partial charge is 0.353 e. The summed E-state index contributed by atoms with van der Waals surface area (Å²) in [5.41, 5.74) is 5.90. The Morgan fingerprint density at radius 1 is 1.53 bits per heavy atom. The first-order valence-corrected chi connectivity index (χ1v) is 5.80. The molecule has 0 aromatic rings. The Hall–Kier alpha value is -0.610. The third-order valence-electron chi connectivity index (χ3n) is 3.01. The van der Waals surface area contributed by atoms with Crippen molar-refractivity contribution < 1.29 is 4.79 Å². The lowest BCUT2D eigenvalue weighted by atomic mass is 9.78. The van der Waals surface area contributed by atoms with Crippen molar-refractivity contribution in [3.63, 3.8) is 0 Å². The molecule has 1 amide bonds. The van der Waals surface area contributed by atoms with Crippen molar-refractivity contribution in [2.45, 2.75) is 38.1 Å². The van der Waals surface area contributed by atoms with Crippen LogP contribution in [0.2, 0.25) is 0 Å². The van der Waals surface area contributed by atoms with Crippen LogP contribution < -0.4 is 11.1 Å². The number of nitrogens with zero attached hydrogens (tertiary/aromatic N) is 1. The fourth-order valence-electron chi connectivity index (χ4n) is 1.84. The van der Waals surface area contributed by atoms with Crippen LogP contribution in [0, 0.1) is 0 Å². The molecule has 0 aromatic heterocycles. The van der Waals surface area contributed by atoms with Gasteiger partial charge in [0.15, 0.2) is 0 Å². The van der Waals surface area contributed by atoms with Gasteiger partial charge in [0.2, 0.25) is 5.91 Å². The highest BCUT2D eigenvalue weighted by molar-refractivity contribution is 5.78. The monoisotopic (exact) mass is 213 g/mol. The second-order valence-corrected chi connectivity index (χ2v) is 4.73. The van der Waals surface area contributed by atoms with E-state index < -0.39 is 0 Å². The van der Waals surface area contributed by atoms with Crippen LogP contribution in [-0.2, 0) is 4.79 Å². The van der Waals surface area contributed by atoms with Gasteiger partial charge in [-0.1, -0.05) is 6.92 Å². The van der Waals surface area contributed by atoms with Crippen molar-refractivity contribution in [3.05, 3.63) is 0 Å². The van der Waals surface area contributed by atoms with Crippen molar-refractivity contribution in [1.29, 1.82) is 0 Å². The van der Waals surface area contributed by atoms with Crippen LogP contribution >= 0.6 is 0 Å². The van der Waals surface area contributed by atoms with E-state index in [4.69, 9.17) is 5.73 Å². The van der Waals surface area contributed by atoms with Gasteiger partial charge in [0.05, 0.1) is 6.54 Å². The molecule has 1 aliphatic rings. The van der Waals surface area contributed by atoms with Gasteiger partial charge in [-0.05, 0) is 39.3 Å². The van der Waals surface area contributed by atoms with E-state index in [-0.39, 0.29) is 11.4 Å². The van der Waals surface area contributed by atoms with E-state index in [1.807, 2.05) is 11.9 Å². The van der Waals surface area contributed by atoms with Crippen molar-refractivity contribution in [2.75, 3.05) is 26.7 Å². The molecule has 15 heavy (non-hydrogen) atoms. The molecule has 0 bridgehead atoms. The van der Waals surface area contributed by atoms with E-state index in [0.717, 1.165) is 25.8 Å². The lowest BCUT2D eigenvalue weighted by Gasteiger charge is -2.38. The molecule has 88 valence electrons. The van der Waals surface area contributed by atoms with E-state index in [0.29, 0.717) is 13.1 Å². The zero-order chi connectivity index (χ0) is 11.3. The molecule has 1 aliphatic carbocycles. The summed E-state index contributed by atoms with van der Waals surface area (Å²) < 4.78 is 0. The number of rotatable bonds is 6. The first-order chi connectivity index (χ1) is 7.06. The van der Waals surface area contributed by atoms with E-state index in [2.05, 4.69) is 12.2 Å². The normalized spacial score (nSPS) is 18.7. The number of carbonyl (C=O) groups excluding carboxylic acids is 1. The highest BCUT2D eigenvalue weighted by atomic mass is 16.2. The van der Waals surface area contributed by atoms with Gasteiger partial charge in [-0.3, -0.25) is 9.69 Å². The highest BCUT2D eigenvalue weighted by Crippen LogP contribution is 2.27. The van der Waals surface area contributed by atoms with Crippen LogP contribution in [0.25, 0.3) is 0 Å². The Labute approximate surface area is 92.2 Å². The zero-order valence-corrected chi connectivity index (χ0v) is 9.88. The maximum absolute atomic E-state index is 11.5. The number of hydrogen-bond donors (Lipinski definition) is 2. The second kappa shape index (κ2) is 5.47. The Morgan fingerprint density at radius 2 is 2.20 bits per heavy atom. The van der Waals surface area contributed by atoms with E-state index in [9.17, 15) is 4.79 Å². The number of hydrogen-bond acceptors (Lipinski definition) is 3. The summed E-state index contributed by atoms with van der Waals surface area (Å²) in [7, 11) is 1.96. The first-order valence-electron chi connectivity index (χ1n) is 5.80. The molecule has 1 fully saturated rings. The molecule has 3 N–H and O–H groups in total. The van der Waals surface area contributed by atoms with Crippen LogP contribution in [0.5, 0.6) is 0 Å². The fraction of sp³-hybridized carbons (Fsp3) is 0.909. The van der Waals surface area contributed by atoms with Gasteiger partial charge in [-0.2, -0.15) is 0 Å². The van der Waals surface area contributed by atoms with Crippen molar-refractivity contribution in [1.82, 2.24) is 10.2 Å². The summed E-state index contributed by atoms with van der Waals surface area (Å²) in [6.45, 7) is 4.18. The summed E-state index contributed by atoms with van der Waals surface area (Å²) >= 11 is 0. The fourth-order valence-corrected chi connectivity index (χ4v) is 1.84. The molecule has 0 saturated heterocycles. The van der Waals surface area contributed by atoms with E-state index in [1.54, 1.807) is 0 Å². The molecule has 1 saturated carbocycles. The Bertz CT molecular complexity index is 214. The molecule has 0 atom stereocenters. The number of nitrogens with two attached hydrogens (primary N) is 1. The van der Waals surface area contributed by atoms with Crippen LogP contribution in [0.1, 0.15) is 32.6 Å². The molecule has 0 spiro atoms. The quantitative estimate of drug-likeness (QED) is 0.668. The molecule has 0 heterocycles. The zero-order valence-electron chi connectivity index (χ0n) is 9.88. The predicted octanol–water partition coefficient (Wildman–Crippen LogP) is 0.326. The van der Waals surface area contributed by atoms with Gasteiger partial charge >= 0.3 is 0 Å². The average Bonchev–Trinajstić information content (AvgIpc) is 2.12. The highest BCUT2D eigenvalue weighted by Gasteiger charge is 2.32. The third-order valence-corrected chi connectivity index (χ3v) is 3.01. The molecule has 0 radical (unpaired) electrons. The minimum atomic E-state index is -0.112. The topological polar surface area (TPSA) is 58.4 Å². The van der Waals surface area contributed by atoms with Gasteiger partial charge in [-0.15, -0.1) is 0 Å². The summed E-state index contributed by atoms with van der Waals surface area (Å²) in [6, 6.07) is 0. The first kappa shape index (κ1) is 12.5. The summed E-state index contributed by atoms with van der Waals surface area (Å²) in [5, 5.41) is 2.91. The average molecular weight is 213 g/mol. The predicted molar refractivity (Wildman–Crippen MR) is 61.6 cm³/mol. The van der Waals surface area contributed by atoms with Gasteiger partial charge < -0.3 is 11.1 Å². The van der Waals surface area contributed by atoms with E-state index >= 15 is 0 Å². The molecule has 4 heteroatoms. The minimum Gasteiger partial charge on any atom is -0.353 e. The minimum absolute atomic E-state index is 0.0858. The molecular weight excluding hydrogens is 190 g/mol. The van der Waals surface area contributed by atoms with Crippen molar-refractivity contribution >= 4 is 5.91 Å². The Morgan fingerprint density at radius 3 is 2.67 bits per heavy atom. The number of nitrogens with one attached hydrogen (secondary N) is 1. The van der Waals surface area contributed by atoms with Gasteiger partial charge in [0.25, 0.3) is 0 Å². The van der Waals surface area contributed by atoms with Crippen LogP contribution in [0.15, 0.2) is 0 Å². The lowest BCUT2D eigenvalue weighted by Crippen LogP contribution is -2.55. The Balaban J connectivity index is 2.13. The second-order valence-electron chi connectivity index (χ2n) is 4.73. The standard InChI is InChI=1S/C11H23N3O/c1-3-7-14(2)8-10(15)13-9-11(12)5-4-6-11/h3-9,12H2,1-2H3,(H,13,15). The molecule has 0 aliphatic heterocycles. The molecule has 4 nitrogen and oxygen atoms in total. The number of carbonyl (C=O) groups is 1. The Kier molecular flexibility index (Phi) is 4.54. The molecule has 1 rings (SSSR count). The number of amides is 1. The third kappa shape index (κ3) is 4.18. The SMILES string of the molecule is CCCN(C)CC(=O)NCC1(N)CCC1. The van der Waals surface area contributed by atoms with Crippen molar-refractivity contribution in [2.24, 2.45) is 5.73 Å². The smallest absolute Gasteiger partial charge is 0.234 e. The number of likely N-dealkylation sites (N-methyl/N-ethyl adjacent to an activating group) is 1. The van der Waals surface area contributed by atoms with Crippen molar-refractivity contribution in [3.8, 4) is 0 Å². The molecular formula is C11H23N3O. The molecule has 0 aromatic carbocycles. The van der Waals surface area contributed by atoms with Gasteiger partial charge in [-0.25, -0.2) is 0 Å².